The van der Waals surface area contributed by atoms with Crippen molar-refractivity contribution in [2.24, 2.45) is 0 Å². The molecule has 0 unspecified atom stereocenters. The molecule has 3 aromatic heterocycles. The number of alkyl halides is 3. The molecule has 0 aliphatic carbocycles. The standard InChI is InChI=1S/C29H28F5N5O/c1-3-23-28(39-11-10-21(30)15-27(39)36-23)25(40)8-5-19-4-7-24(22(31)14-19)37-12-13-38(18(2)17-37)26-9-6-20(16-35-26)29(32,33)34/h4,6-7,9-11,14-16,18H,3,5,8,12-13,17H2,1-2H3/t18-/m0/s1. The van der Waals surface area contributed by atoms with Crippen molar-refractivity contribution in [1.82, 2.24) is 14.4 Å². The molecule has 1 aromatic carbocycles. The minimum atomic E-state index is -4.44. The minimum absolute atomic E-state index is 0.110. The Balaban J connectivity index is 1.23. The van der Waals surface area contributed by atoms with Crippen LogP contribution >= 0.6 is 0 Å². The third-order valence-corrected chi connectivity index (χ3v) is 7.25. The van der Waals surface area contributed by atoms with Crippen molar-refractivity contribution < 1.29 is 26.7 Å². The molecule has 0 bridgehead atoms. The zero-order chi connectivity index (χ0) is 28.6. The number of anilines is 2. The van der Waals surface area contributed by atoms with Crippen LogP contribution in [-0.4, -0.2) is 45.8 Å². The summed E-state index contributed by atoms with van der Waals surface area (Å²) in [5.41, 5.74) is 1.69. The van der Waals surface area contributed by atoms with E-state index in [1.165, 1.54) is 30.5 Å². The van der Waals surface area contributed by atoms with Gasteiger partial charge < -0.3 is 9.80 Å². The Labute approximate surface area is 228 Å². The van der Waals surface area contributed by atoms with E-state index in [-0.39, 0.29) is 18.2 Å². The summed E-state index contributed by atoms with van der Waals surface area (Å²) in [5, 5.41) is 0. The summed E-state index contributed by atoms with van der Waals surface area (Å²) in [4.78, 5) is 25.3. The van der Waals surface area contributed by atoms with E-state index in [4.69, 9.17) is 0 Å². The quantitative estimate of drug-likeness (QED) is 0.203. The molecule has 0 radical (unpaired) electrons. The number of nitrogens with zero attached hydrogens (tertiary/aromatic N) is 5. The van der Waals surface area contributed by atoms with Crippen LogP contribution in [-0.2, 0) is 19.0 Å². The second kappa shape index (κ2) is 10.9. The number of imidazole rings is 1. The van der Waals surface area contributed by atoms with Crippen LogP contribution in [0.1, 0.15) is 47.6 Å². The van der Waals surface area contributed by atoms with E-state index in [0.29, 0.717) is 66.6 Å². The number of hydrogen-bond acceptors (Lipinski definition) is 5. The lowest BCUT2D eigenvalue weighted by Crippen LogP contribution is -2.52. The molecule has 0 N–H and O–H groups in total. The highest BCUT2D eigenvalue weighted by Crippen LogP contribution is 2.31. The Kier molecular flexibility index (Phi) is 7.48. The molecule has 4 heterocycles. The fourth-order valence-corrected chi connectivity index (χ4v) is 5.19. The van der Waals surface area contributed by atoms with Crippen LogP contribution < -0.4 is 9.80 Å². The number of carbonyl (C=O) groups excluding carboxylic acids is 1. The average Bonchev–Trinajstić information content (AvgIpc) is 3.29. The first kappa shape index (κ1) is 27.5. The summed E-state index contributed by atoms with van der Waals surface area (Å²) in [5.74, 6) is -0.537. The molecule has 4 aromatic rings. The first-order valence-electron chi connectivity index (χ1n) is 13.1. The first-order chi connectivity index (χ1) is 19.0. The molecule has 5 rings (SSSR count). The van der Waals surface area contributed by atoms with Crippen molar-refractivity contribution in [3.8, 4) is 0 Å². The van der Waals surface area contributed by atoms with Crippen LogP contribution in [0.2, 0.25) is 0 Å². The van der Waals surface area contributed by atoms with Gasteiger partial charge in [0.1, 0.15) is 28.8 Å². The molecule has 11 heteroatoms. The normalized spacial score (nSPS) is 16.1. The Bertz CT molecular complexity index is 1530. The third-order valence-electron chi connectivity index (χ3n) is 7.25. The fourth-order valence-electron chi connectivity index (χ4n) is 5.19. The molecule has 0 spiro atoms. The van der Waals surface area contributed by atoms with Gasteiger partial charge in [0.2, 0.25) is 0 Å². The van der Waals surface area contributed by atoms with Crippen molar-refractivity contribution in [3.05, 3.63) is 89.0 Å². The van der Waals surface area contributed by atoms with Gasteiger partial charge in [0.25, 0.3) is 0 Å². The molecule has 0 saturated carbocycles. The Morgan fingerprint density at radius 2 is 1.88 bits per heavy atom. The summed E-state index contributed by atoms with van der Waals surface area (Å²) in [6, 6.07) is 9.75. The largest absolute Gasteiger partial charge is 0.417 e. The number of ketones is 1. The van der Waals surface area contributed by atoms with Crippen molar-refractivity contribution in [1.29, 1.82) is 0 Å². The van der Waals surface area contributed by atoms with Crippen LogP contribution in [0.4, 0.5) is 33.5 Å². The predicted molar refractivity (Wildman–Crippen MR) is 142 cm³/mol. The highest BCUT2D eigenvalue weighted by atomic mass is 19.4. The number of hydrogen-bond donors (Lipinski definition) is 0. The van der Waals surface area contributed by atoms with Crippen molar-refractivity contribution in [2.75, 3.05) is 29.4 Å². The van der Waals surface area contributed by atoms with Gasteiger partial charge in [-0.2, -0.15) is 13.2 Å². The lowest BCUT2D eigenvalue weighted by molar-refractivity contribution is -0.137. The zero-order valence-electron chi connectivity index (χ0n) is 22.1. The predicted octanol–water partition coefficient (Wildman–Crippen LogP) is 6.12. The van der Waals surface area contributed by atoms with Gasteiger partial charge in [-0.05, 0) is 55.7 Å². The highest BCUT2D eigenvalue weighted by Gasteiger charge is 2.32. The second-order valence-corrected chi connectivity index (χ2v) is 9.93. The molecule has 40 heavy (non-hydrogen) atoms. The monoisotopic (exact) mass is 557 g/mol. The SMILES string of the molecule is CCc1nc2cc(F)ccn2c1C(=O)CCc1ccc(N2CCN(c3ccc(C(F)(F)F)cn3)[C@@H](C)C2)c(F)c1. The minimum Gasteiger partial charge on any atom is -0.365 e. The fraction of sp³-hybridized carbons (Fsp3) is 0.345. The molecule has 0 amide bonds. The van der Waals surface area contributed by atoms with Crippen molar-refractivity contribution in [3.63, 3.8) is 0 Å². The Morgan fingerprint density at radius 1 is 1.07 bits per heavy atom. The molecule has 1 aliphatic heterocycles. The van der Waals surface area contributed by atoms with Gasteiger partial charge in [0, 0.05) is 50.6 Å². The van der Waals surface area contributed by atoms with Crippen LogP contribution in [0.15, 0.2) is 54.9 Å². The topological polar surface area (TPSA) is 53.7 Å². The van der Waals surface area contributed by atoms with E-state index in [0.717, 1.165) is 12.3 Å². The highest BCUT2D eigenvalue weighted by molar-refractivity contribution is 5.96. The van der Waals surface area contributed by atoms with Crippen molar-refractivity contribution >= 4 is 22.9 Å². The molecule has 1 aliphatic rings. The van der Waals surface area contributed by atoms with Gasteiger partial charge in [-0.1, -0.05) is 13.0 Å². The maximum atomic E-state index is 15.2. The second-order valence-electron chi connectivity index (χ2n) is 9.93. The van der Waals surface area contributed by atoms with E-state index in [2.05, 4.69) is 9.97 Å². The summed E-state index contributed by atoms with van der Waals surface area (Å²) < 4.78 is 69.0. The number of piperazine rings is 1. The maximum absolute atomic E-state index is 15.2. The van der Waals surface area contributed by atoms with Gasteiger partial charge in [-0.25, -0.2) is 18.7 Å². The number of fused-ring (bicyclic) bond motifs is 1. The van der Waals surface area contributed by atoms with E-state index in [9.17, 15) is 22.4 Å². The number of benzene rings is 1. The number of carbonyl (C=O) groups is 1. The maximum Gasteiger partial charge on any atom is 0.417 e. The molecule has 210 valence electrons. The molecular weight excluding hydrogens is 529 g/mol. The summed E-state index contributed by atoms with van der Waals surface area (Å²) >= 11 is 0. The van der Waals surface area contributed by atoms with E-state index >= 15 is 4.39 Å². The number of pyridine rings is 2. The van der Waals surface area contributed by atoms with E-state index < -0.39 is 23.4 Å². The van der Waals surface area contributed by atoms with Crippen LogP contribution in [0, 0.1) is 11.6 Å². The van der Waals surface area contributed by atoms with Crippen LogP contribution in [0.5, 0.6) is 0 Å². The summed E-state index contributed by atoms with van der Waals surface area (Å²) in [7, 11) is 0. The van der Waals surface area contributed by atoms with Gasteiger partial charge >= 0.3 is 6.18 Å². The van der Waals surface area contributed by atoms with E-state index in [1.807, 2.05) is 23.6 Å². The molecule has 1 atom stereocenters. The number of rotatable bonds is 7. The molecular formula is C29H28F5N5O. The molecule has 6 nitrogen and oxygen atoms in total. The molecule has 1 saturated heterocycles. The lowest BCUT2D eigenvalue weighted by atomic mass is 10.0. The van der Waals surface area contributed by atoms with Crippen LogP contribution in [0.25, 0.3) is 5.65 Å². The number of aromatic nitrogens is 3. The van der Waals surface area contributed by atoms with Crippen LogP contribution in [0.3, 0.4) is 0 Å². The van der Waals surface area contributed by atoms with Gasteiger partial charge in [0.15, 0.2) is 5.78 Å². The average molecular weight is 558 g/mol. The number of Topliss-reactive ketones (excluding diaryl/α,β-unsaturated/α-hetero) is 1. The Hall–Kier alpha value is -4.02. The lowest BCUT2D eigenvalue weighted by Gasteiger charge is -2.41. The summed E-state index contributed by atoms with van der Waals surface area (Å²) in [6.07, 6.45) is -1.12. The van der Waals surface area contributed by atoms with Gasteiger partial charge in [-0.15, -0.1) is 0 Å². The van der Waals surface area contributed by atoms with Gasteiger partial charge in [0.05, 0.1) is 16.9 Å². The number of aryl methyl sites for hydroxylation is 2. The summed E-state index contributed by atoms with van der Waals surface area (Å²) in [6.45, 7) is 5.20. The van der Waals surface area contributed by atoms with Crippen molar-refractivity contribution in [2.45, 2.75) is 45.3 Å². The number of halogens is 5. The third kappa shape index (κ3) is 5.50. The van der Waals surface area contributed by atoms with E-state index in [1.54, 1.807) is 16.5 Å². The molecule has 1 fully saturated rings. The zero-order valence-corrected chi connectivity index (χ0v) is 22.1. The van der Waals surface area contributed by atoms with Gasteiger partial charge in [-0.3, -0.25) is 9.20 Å². The Morgan fingerprint density at radius 3 is 2.52 bits per heavy atom. The smallest absolute Gasteiger partial charge is 0.365 e. The first-order valence-corrected chi connectivity index (χ1v) is 13.1.